The molecule has 112 valence electrons. The van der Waals surface area contributed by atoms with Gasteiger partial charge in [0.2, 0.25) is 0 Å². The zero-order chi connectivity index (χ0) is 15.0. The number of aromatic nitrogens is 2. The second kappa shape index (κ2) is 8.16. The van der Waals surface area contributed by atoms with Gasteiger partial charge in [-0.1, -0.05) is 6.92 Å². The third kappa shape index (κ3) is 5.70. The number of carbonyl (C=O) groups is 2. The molecule has 2 amide bonds. The Hall–Kier alpha value is -2.09. The van der Waals surface area contributed by atoms with E-state index in [1.807, 2.05) is 6.92 Å². The van der Waals surface area contributed by atoms with Crippen LogP contribution in [0.15, 0.2) is 12.5 Å². The largest absolute Gasteiger partial charge is 0.480 e. The number of amides is 2. The number of methoxy groups -OCH3 is 1. The van der Waals surface area contributed by atoms with Gasteiger partial charge in [-0.25, -0.2) is 14.6 Å². The minimum atomic E-state index is -1.10. The van der Waals surface area contributed by atoms with E-state index in [1.165, 1.54) is 12.5 Å². The second-order valence-electron chi connectivity index (χ2n) is 4.59. The van der Waals surface area contributed by atoms with Crippen LogP contribution in [0, 0.1) is 5.92 Å². The van der Waals surface area contributed by atoms with E-state index >= 15 is 0 Å². The molecule has 1 aromatic rings. The lowest BCUT2D eigenvalue weighted by molar-refractivity contribution is -0.139. The molecule has 1 aromatic heterocycles. The van der Waals surface area contributed by atoms with Crippen LogP contribution in [0.1, 0.15) is 12.6 Å². The van der Waals surface area contributed by atoms with Crippen LogP contribution in [-0.4, -0.2) is 53.4 Å². The number of nitrogens with one attached hydrogen (secondary N) is 3. The summed E-state index contributed by atoms with van der Waals surface area (Å²) in [5.41, 5.74) is 0.644. The fourth-order valence-electron chi connectivity index (χ4n) is 1.64. The van der Waals surface area contributed by atoms with Crippen molar-refractivity contribution in [3.8, 4) is 0 Å². The number of rotatable bonds is 8. The van der Waals surface area contributed by atoms with E-state index in [0.717, 1.165) is 0 Å². The van der Waals surface area contributed by atoms with Gasteiger partial charge in [0.05, 0.1) is 12.9 Å². The van der Waals surface area contributed by atoms with Crippen LogP contribution >= 0.6 is 0 Å². The van der Waals surface area contributed by atoms with E-state index in [9.17, 15) is 9.59 Å². The molecule has 0 saturated carbocycles. The average Bonchev–Trinajstić information content (AvgIpc) is 2.89. The summed E-state index contributed by atoms with van der Waals surface area (Å²) in [4.78, 5) is 29.4. The first kappa shape index (κ1) is 16.0. The number of aliphatic carboxylic acids is 1. The first-order valence-electron chi connectivity index (χ1n) is 6.26. The molecular weight excluding hydrogens is 264 g/mol. The summed E-state index contributed by atoms with van der Waals surface area (Å²) in [5, 5.41) is 14.1. The number of H-pyrrole nitrogens is 1. The molecule has 0 saturated heterocycles. The monoisotopic (exact) mass is 284 g/mol. The lowest BCUT2D eigenvalue weighted by Crippen LogP contribution is -2.48. The topological polar surface area (TPSA) is 116 Å². The number of carboxylic acids is 1. The maximum absolute atomic E-state index is 11.6. The lowest BCUT2D eigenvalue weighted by atomic mass is 10.1. The number of aromatic amines is 1. The number of carbonyl (C=O) groups excluding carboxylic acids is 1. The van der Waals surface area contributed by atoms with Gasteiger partial charge in [-0.2, -0.15) is 0 Å². The molecule has 0 radical (unpaired) electrons. The number of hydrogen-bond acceptors (Lipinski definition) is 4. The van der Waals surface area contributed by atoms with Crippen molar-refractivity contribution < 1.29 is 19.4 Å². The first-order valence-corrected chi connectivity index (χ1v) is 6.26. The molecule has 8 heteroatoms. The smallest absolute Gasteiger partial charge is 0.326 e. The summed E-state index contributed by atoms with van der Waals surface area (Å²) < 4.78 is 4.95. The number of imidazole rings is 1. The second-order valence-corrected chi connectivity index (χ2v) is 4.59. The van der Waals surface area contributed by atoms with Crippen LogP contribution < -0.4 is 10.6 Å². The fraction of sp³-hybridized carbons (Fsp3) is 0.583. The molecule has 1 heterocycles. The summed E-state index contributed by atoms with van der Waals surface area (Å²) in [6.45, 7) is 2.86. The summed E-state index contributed by atoms with van der Waals surface area (Å²) in [6, 6.07) is -1.52. The molecule has 0 aliphatic rings. The van der Waals surface area contributed by atoms with Gasteiger partial charge in [0.1, 0.15) is 6.04 Å². The third-order valence-electron chi connectivity index (χ3n) is 2.64. The van der Waals surface area contributed by atoms with E-state index in [0.29, 0.717) is 18.8 Å². The first-order chi connectivity index (χ1) is 9.52. The molecule has 0 spiro atoms. The van der Waals surface area contributed by atoms with Crippen molar-refractivity contribution in [2.75, 3.05) is 20.3 Å². The van der Waals surface area contributed by atoms with E-state index in [-0.39, 0.29) is 12.3 Å². The number of hydrogen-bond donors (Lipinski definition) is 4. The maximum Gasteiger partial charge on any atom is 0.326 e. The molecule has 0 aliphatic carbocycles. The van der Waals surface area contributed by atoms with Crippen molar-refractivity contribution in [1.29, 1.82) is 0 Å². The zero-order valence-electron chi connectivity index (χ0n) is 11.5. The Morgan fingerprint density at radius 1 is 1.55 bits per heavy atom. The van der Waals surface area contributed by atoms with E-state index in [4.69, 9.17) is 9.84 Å². The summed E-state index contributed by atoms with van der Waals surface area (Å²) in [6.07, 6.45) is 3.13. The SMILES string of the molecule is COCC(C)CNC(=O)N[C@H](Cc1cnc[nH]1)C(=O)O. The van der Waals surface area contributed by atoms with Crippen LogP contribution in [-0.2, 0) is 16.0 Å². The molecule has 20 heavy (non-hydrogen) atoms. The maximum atomic E-state index is 11.6. The number of urea groups is 1. The van der Waals surface area contributed by atoms with Gasteiger partial charge in [-0.3, -0.25) is 0 Å². The van der Waals surface area contributed by atoms with Gasteiger partial charge in [0, 0.05) is 32.0 Å². The van der Waals surface area contributed by atoms with Crippen LogP contribution in [0.2, 0.25) is 0 Å². The molecule has 0 aromatic carbocycles. The molecule has 0 fully saturated rings. The molecular formula is C12H20N4O4. The highest BCUT2D eigenvalue weighted by molar-refractivity contribution is 5.82. The zero-order valence-corrected chi connectivity index (χ0v) is 11.5. The number of ether oxygens (including phenoxy) is 1. The van der Waals surface area contributed by atoms with Crippen molar-refractivity contribution >= 4 is 12.0 Å². The van der Waals surface area contributed by atoms with Gasteiger partial charge >= 0.3 is 12.0 Å². The third-order valence-corrected chi connectivity index (χ3v) is 2.64. The Morgan fingerprint density at radius 2 is 2.30 bits per heavy atom. The Kier molecular flexibility index (Phi) is 6.51. The fourth-order valence-corrected chi connectivity index (χ4v) is 1.64. The molecule has 2 atom stereocenters. The van der Waals surface area contributed by atoms with Crippen molar-refractivity contribution in [1.82, 2.24) is 20.6 Å². The minimum Gasteiger partial charge on any atom is -0.480 e. The van der Waals surface area contributed by atoms with Crippen molar-refractivity contribution in [2.45, 2.75) is 19.4 Å². The minimum absolute atomic E-state index is 0.149. The Labute approximate surface area is 116 Å². The summed E-state index contributed by atoms with van der Waals surface area (Å²) in [5.74, 6) is -0.943. The highest BCUT2D eigenvalue weighted by atomic mass is 16.5. The normalized spacial score (nSPS) is 13.5. The van der Waals surface area contributed by atoms with Crippen LogP contribution in [0.4, 0.5) is 4.79 Å². The van der Waals surface area contributed by atoms with Gasteiger partial charge < -0.3 is 25.5 Å². The van der Waals surface area contributed by atoms with Crippen LogP contribution in [0.5, 0.6) is 0 Å². The Morgan fingerprint density at radius 3 is 2.85 bits per heavy atom. The van der Waals surface area contributed by atoms with E-state index < -0.39 is 18.0 Å². The quantitative estimate of drug-likeness (QED) is 0.535. The molecule has 4 N–H and O–H groups in total. The van der Waals surface area contributed by atoms with Gasteiger partial charge in [-0.05, 0) is 5.92 Å². The molecule has 0 aliphatic heterocycles. The lowest BCUT2D eigenvalue weighted by Gasteiger charge is -2.16. The predicted molar refractivity (Wildman–Crippen MR) is 71.3 cm³/mol. The van der Waals surface area contributed by atoms with Gasteiger partial charge in [-0.15, -0.1) is 0 Å². The summed E-state index contributed by atoms with van der Waals surface area (Å²) >= 11 is 0. The molecule has 8 nitrogen and oxygen atoms in total. The Bertz CT molecular complexity index is 421. The van der Waals surface area contributed by atoms with Gasteiger partial charge in [0.25, 0.3) is 0 Å². The highest BCUT2D eigenvalue weighted by Crippen LogP contribution is 1.99. The van der Waals surface area contributed by atoms with E-state index in [2.05, 4.69) is 20.6 Å². The average molecular weight is 284 g/mol. The predicted octanol–water partition coefficient (Wildman–Crippen LogP) is -0.0129. The van der Waals surface area contributed by atoms with Crippen LogP contribution in [0.25, 0.3) is 0 Å². The number of carboxylic acid groups (broad SMARTS) is 1. The summed E-state index contributed by atoms with van der Waals surface area (Å²) in [7, 11) is 1.58. The van der Waals surface area contributed by atoms with Crippen molar-refractivity contribution in [3.05, 3.63) is 18.2 Å². The standard InChI is InChI=1S/C12H20N4O4/c1-8(6-20-2)4-14-12(19)16-10(11(17)18)3-9-5-13-7-15-9/h5,7-8,10H,3-4,6H2,1-2H3,(H,13,15)(H,17,18)(H2,14,16,19)/t8?,10-/m1/s1. The number of nitrogens with zero attached hydrogens (tertiary/aromatic N) is 1. The van der Waals surface area contributed by atoms with Crippen LogP contribution in [0.3, 0.4) is 0 Å². The molecule has 0 bridgehead atoms. The highest BCUT2D eigenvalue weighted by Gasteiger charge is 2.21. The molecule has 1 unspecified atom stereocenters. The van der Waals surface area contributed by atoms with E-state index in [1.54, 1.807) is 7.11 Å². The van der Waals surface area contributed by atoms with Crippen molar-refractivity contribution in [2.24, 2.45) is 5.92 Å². The Balaban J connectivity index is 2.41. The van der Waals surface area contributed by atoms with Gasteiger partial charge in [0.15, 0.2) is 0 Å². The van der Waals surface area contributed by atoms with Crippen molar-refractivity contribution in [3.63, 3.8) is 0 Å². The molecule has 1 rings (SSSR count).